The summed E-state index contributed by atoms with van der Waals surface area (Å²) in [5.41, 5.74) is 1.73. The van der Waals surface area contributed by atoms with Gasteiger partial charge in [0.25, 0.3) is 11.7 Å². The highest BCUT2D eigenvalue weighted by molar-refractivity contribution is 6.53. The second-order valence-electron chi connectivity index (χ2n) is 5.99. The van der Waals surface area contributed by atoms with E-state index in [0.717, 1.165) is 5.56 Å². The van der Waals surface area contributed by atoms with Gasteiger partial charge < -0.3 is 23.8 Å². The molecular formula is C20H21NO6. The van der Waals surface area contributed by atoms with Crippen molar-refractivity contribution in [1.29, 1.82) is 0 Å². The van der Waals surface area contributed by atoms with E-state index in [0.29, 0.717) is 17.2 Å². The zero-order valence-corrected chi connectivity index (χ0v) is 15.7. The van der Waals surface area contributed by atoms with Crippen molar-refractivity contribution in [1.82, 2.24) is 0 Å². The summed E-state index contributed by atoms with van der Waals surface area (Å²) >= 11 is 0. The number of carbonyl (C=O) groups is 2. The Labute approximate surface area is 157 Å². The van der Waals surface area contributed by atoms with Gasteiger partial charge in [-0.3, -0.25) is 9.59 Å². The first kappa shape index (κ1) is 18.6. The summed E-state index contributed by atoms with van der Waals surface area (Å²) in [6.07, 6.45) is 0. The van der Waals surface area contributed by atoms with E-state index in [4.69, 9.17) is 18.9 Å². The van der Waals surface area contributed by atoms with Crippen molar-refractivity contribution in [3.8, 4) is 23.0 Å². The quantitative estimate of drug-likeness (QED) is 0.697. The molecule has 0 unspecified atom stereocenters. The zero-order chi connectivity index (χ0) is 19.6. The average Bonchev–Trinajstić information content (AvgIpc) is 2.92. The van der Waals surface area contributed by atoms with Crippen LogP contribution in [0.15, 0.2) is 30.3 Å². The Hall–Kier alpha value is -3.22. The maximum absolute atomic E-state index is 12.5. The zero-order valence-electron chi connectivity index (χ0n) is 15.7. The number of Topliss-reactive ketones (excluding diaryl/α,β-unsaturated/α-hetero) is 1. The van der Waals surface area contributed by atoms with Gasteiger partial charge in [0.05, 0.1) is 39.1 Å². The number of rotatable bonds is 7. The fourth-order valence-corrected chi connectivity index (χ4v) is 3.03. The van der Waals surface area contributed by atoms with E-state index in [2.05, 4.69) is 0 Å². The van der Waals surface area contributed by atoms with E-state index >= 15 is 0 Å². The van der Waals surface area contributed by atoms with Gasteiger partial charge in [-0.15, -0.1) is 0 Å². The summed E-state index contributed by atoms with van der Waals surface area (Å²) < 4.78 is 21.6. The van der Waals surface area contributed by atoms with E-state index < -0.39 is 11.7 Å². The standard InChI is InChI=1S/C20H21NO6/c1-12-5-7-13(8-6-12)27-10-9-21-14-11-15(24-2)18(25-3)19(26-4)16(14)17(22)20(21)23/h5-8,11H,9-10H2,1-4H3. The van der Waals surface area contributed by atoms with Gasteiger partial charge in [0.2, 0.25) is 5.75 Å². The Balaban J connectivity index is 1.87. The second kappa shape index (κ2) is 7.57. The second-order valence-corrected chi connectivity index (χ2v) is 5.99. The van der Waals surface area contributed by atoms with Crippen LogP contribution in [0.4, 0.5) is 5.69 Å². The van der Waals surface area contributed by atoms with Gasteiger partial charge in [-0.2, -0.15) is 0 Å². The van der Waals surface area contributed by atoms with Gasteiger partial charge >= 0.3 is 0 Å². The summed E-state index contributed by atoms with van der Waals surface area (Å²) in [6.45, 7) is 2.44. The number of amides is 1. The summed E-state index contributed by atoms with van der Waals surface area (Å²) in [4.78, 5) is 26.4. The van der Waals surface area contributed by atoms with Gasteiger partial charge in [0, 0.05) is 6.07 Å². The van der Waals surface area contributed by atoms with E-state index in [9.17, 15) is 9.59 Å². The Morgan fingerprint density at radius 1 is 0.926 bits per heavy atom. The predicted molar refractivity (Wildman–Crippen MR) is 99.5 cm³/mol. The Bertz CT molecular complexity index is 875. The smallest absolute Gasteiger partial charge is 0.299 e. The van der Waals surface area contributed by atoms with Crippen molar-refractivity contribution in [2.24, 2.45) is 0 Å². The van der Waals surface area contributed by atoms with Crippen molar-refractivity contribution >= 4 is 17.4 Å². The van der Waals surface area contributed by atoms with Crippen LogP contribution in [0.1, 0.15) is 15.9 Å². The molecule has 7 heteroatoms. The third kappa shape index (κ3) is 3.28. The first-order chi connectivity index (χ1) is 13.0. The van der Waals surface area contributed by atoms with Crippen LogP contribution in [-0.2, 0) is 4.79 Å². The first-order valence-electron chi connectivity index (χ1n) is 8.40. The SMILES string of the molecule is COc1cc2c(c(OC)c1OC)C(=O)C(=O)N2CCOc1ccc(C)cc1. The van der Waals surface area contributed by atoms with Gasteiger partial charge in [0.1, 0.15) is 12.4 Å². The molecule has 0 aliphatic carbocycles. The number of aryl methyl sites for hydroxylation is 1. The number of nitrogens with zero attached hydrogens (tertiary/aromatic N) is 1. The Kier molecular flexibility index (Phi) is 5.21. The number of fused-ring (bicyclic) bond motifs is 1. The largest absolute Gasteiger partial charge is 0.493 e. The molecule has 2 aromatic rings. The van der Waals surface area contributed by atoms with Gasteiger partial charge in [-0.25, -0.2) is 0 Å². The molecule has 2 aromatic carbocycles. The fourth-order valence-electron chi connectivity index (χ4n) is 3.03. The lowest BCUT2D eigenvalue weighted by molar-refractivity contribution is -0.114. The van der Waals surface area contributed by atoms with Gasteiger partial charge in [-0.1, -0.05) is 17.7 Å². The van der Waals surface area contributed by atoms with Crippen molar-refractivity contribution in [3.63, 3.8) is 0 Å². The lowest BCUT2D eigenvalue weighted by Gasteiger charge is -2.19. The van der Waals surface area contributed by atoms with Gasteiger partial charge in [-0.05, 0) is 19.1 Å². The molecule has 0 radical (unpaired) electrons. The maximum atomic E-state index is 12.5. The monoisotopic (exact) mass is 371 g/mol. The third-order valence-corrected chi connectivity index (χ3v) is 4.37. The van der Waals surface area contributed by atoms with Gasteiger partial charge in [0.15, 0.2) is 11.5 Å². The van der Waals surface area contributed by atoms with Crippen molar-refractivity contribution in [2.45, 2.75) is 6.92 Å². The van der Waals surface area contributed by atoms with Crippen molar-refractivity contribution in [2.75, 3.05) is 39.4 Å². The van der Waals surface area contributed by atoms with Crippen LogP contribution in [0.2, 0.25) is 0 Å². The molecule has 0 fully saturated rings. The van der Waals surface area contributed by atoms with Crippen molar-refractivity contribution in [3.05, 3.63) is 41.5 Å². The van der Waals surface area contributed by atoms with E-state index in [1.54, 1.807) is 6.07 Å². The molecule has 0 atom stereocenters. The number of benzene rings is 2. The molecule has 0 bridgehead atoms. The normalized spacial score (nSPS) is 12.8. The fraction of sp³-hybridized carbons (Fsp3) is 0.300. The van der Waals surface area contributed by atoms with Crippen LogP contribution in [0.5, 0.6) is 23.0 Å². The van der Waals surface area contributed by atoms with Crippen LogP contribution in [-0.4, -0.2) is 46.2 Å². The topological polar surface area (TPSA) is 74.3 Å². The van der Waals surface area contributed by atoms with Crippen LogP contribution in [0, 0.1) is 6.92 Å². The number of ketones is 1. The van der Waals surface area contributed by atoms with E-state index in [1.165, 1.54) is 26.2 Å². The highest BCUT2D eigenvalue weighted by atomic mass is 16.5. The highest BCUT2D eigenvalue weighted by Gasteiger charge is 2.41. The summed E-state index contributed by atoms with van der Waals surface area (Å²) in [5.74, 6) is 0.262. The molecule has 0 spiro atoms. The maximum Gasteiger partial charge on any atom is 0.299 e. The highest BCUT2D eigenvalue weighted by Crippen LogP contribution is 2.47. The molecule has 0 N–H and O–H groups in total. The Morgan fingerprint density at radius 3 is 2.19 bits per heavy atom. The number of methoxy groups -OCH3 is 3. The minimum absolute atomic E-state index is 0.176. The van der Waals surface area contributed by atoms with Crippen LogP contribution >= 0.6 is 0 Å². The first-order valence-corrected chi connectivity index (χ1v) is 8.40. The minimum atomic E-state index is -0.641. The molecule has 1 aliphatic heterocycles. The Morgan fingerprint density at radius 2 is 1.59 bits per heavy atom. The minimum Gasteiger partial charge on any atom is -0.493 e. The van der Waals surface area contributed by atoms with Crippen LogP contribution in [0.3, 0.4) is 0 Å². The predicted octanol–water partition coefficient (Wildman–Crippen LogP) is 2.63. The molecule has 1 heterocycles. The number of anilines is 1. The average molecular weight is 371 g/mol. The molecule has 142 valence electrons. The molecule has 1 aliphatic rings. The number of ether oxygens (including phenoxy) is 4. The summed E-state index contributed by atoms with van der Waals surface area (Å²) in [6, 6.07) is 9.20. The molecule has 0 aromatic heterocycles. The molecule has 0 saturated heterocycles. The summed E-state index contributed by atoms with van der Waals surface area (Å²) in [7, 11) is 4.34. The molecule has 27 heavy (non-hydrogen) atoms. The number of hydrogen-bond donors (Lipinski definition) is 0. The number of hydrogen-bond acceptors (Lipinski definition) is 6. The summed E-state index contributed by atoms with van der Waals surface area (Å²) in [5, 5.41) is 0. The molecule has 0 saturated carbocycles. The molecule has 3 rings (SSSR count). The van der Waals surface area contributed by atoms with Crippen LogP contribution in [0.25, 0.3) is 0 Å². The lowest BCUT2D eigenvalue weighted by atomic mass is 10.1. The molecule has 1 amide bonds. The van der Waals surface area contributed by atoms with E-state index in [-0.39, 0.29) is 30.2 Å². The lowest BCUT2D eigenvalue weighted by Crippen LogP contribution is -2.33. The molecule has 7 nitrogen and oxygen atoms in total. The number of carbonyl (C=O) groups excluding carboxylic acids is 2. The van der Waals surface area contributed by atoms with Crippen molar-refractivity contribution < 1.29 is 28.5 Å². The third-order valence-electron chi connectivity index (χ3n) is 4.37. The van der Waals surface area contributed by atoms with E-state index in [1.807, 2.05) is 31.2 Å². The molecular weight excluding hydrogens is 350 g/mol. The van der Waals surface area contributed by atoms with Crippen LogP contribution < -0.4 is 23.8 Å².